The third-order valence-corrected chi connectivity index (χ3v) is 4.97. The molecule has 2 fully saturated rings. The standard InChI is InChI=1S/C16H24F2N4O2/c1-12-13(9-20(2)19-12)14(23)22-8-3-15(24,11-22)10-21-6-4-16(17,18)5-7-21/h9,24H,3-8,10-11H2,1-2H3/t15-/m0/s1. The van der Waals surface area contributed by atoms with Gasteiger partial charge in [-0.05, 0) is 13.3 Å². The molecule has 1 N–H and O–H groups in total. The lowest BCUT2D eigenvalue weighted by Crippen LogP contribution is -2.49. The minimum absolute atomic E-state index is 0.137. The van der Waals surface area contributed by atoms with Gasteiger partial charge in [-0.3, -0.25) is 14.4 Å². The van der Waals surface area contributed by atoms with E-state index in [9.17, 15) is 18.7 Å². The van der Waals surface area contributed by atoms with Gasteiger partial charge in [0.05, 0.1) is 23.4 Å². The average Bonchev–Trinajstić information content (AvgIpc) is 3.04. The second-order valence-electron chi connectivity index (χ2n) is 7.14. The Morgan fingerprint density at radius 1 is 1.29 bits per heavy atom. The molecule has 0 saturated carbocycles. The predicted molar refractivity (Wildman–Crippen MR) is 84.0 cm³/mol. The summed E-state index contributed by atoms with van der Waals surface area (Å²) in [6.45, 7) is 3.37. The number of halogens is 2. The van der Waals surface area contributed by atoms with Gasteiger partial charge in [0.15, 0.2) is 0 Å². The number of aromatic nitrogens is 2. The first-order chi connectivity index (χ1) is 11.2. The van der Waals surface area contributed by atoms with Gasteiger partial charge in [0.1, 0.15) is 0 Å². The van der Waals surface area contributed by atoms with E-state index in [1.54, 1.807) is 29.7 Å². The molecule has 8 heteroatoms. The summed E-state index contributed by atoms with van der Waals surface area (Å²) in [4.78, 5) is 16.1. The smallest absolute Gasteiger partial charge is 0.257 e. The Hall–Kier alpha value is -1.54. The second-order valence-corrected chi connectivity index (χ2v) is 7.14. The highest BCUT2D eigenvalue weighted by atomic mass is 19.3. The number of carbonyl (C=O) groups excluding carboxylic acids is 1. The largest absolute Gasteiger partial charge is 0.387 e. The Morgan fingerprint density at radius 2 is 1.96 bits per heavy atom. The van der Waals surface area contributed by atoms with E-state index in [1.165, 1.54) is 0 Å². The Labute approximate surface area is 140 Å². The van der Waals surface area contributed by atoms with E-state index in [0.29, 0.717) is 30.8 Å². The fraction of sp³-hybridized carbons (Fsp3) is 0.750. The van der Waals surface area contributed by atoms with Crippen LogP contribution in [0.15, 0.2) is 6.20 Å². The molecule has 1 atom stereocenters. The van der Waals surface area contributed by atoms with Crippen LogP contribution in [-0.4, -0.2) is 74.8 Å². The van der Waals surface area contributed by atoms with E-state index in [2.05, 4.69) is 5.10 Å². The number of hydrogen-bond donors (Lipinski definition) is 1. The molecule has 0 unspecified atom stereocenters. The minimum atomic E-state index is -2.59. The average molecular weight is 342 g/mol. The van der Waals surface area contributed by atoms with Crippen molar-refractivity contribution in [3.63, 3.8) is 0 Å². The Morgan fingerprint density at radius 3 is 2.54 bits per heavy atom. The first-order valence-electron chi connectivity index (χ1n) is 8.30. The molecule has 24 heavy (non-hydrogen) atoms. The molecule has 134 valence electrons. The Balaban J connectivity index is 1.60. The first-order valence-corrected chi connectivity index (χ1v) is 8.30. The molecular weight excluding hydrogens is 318 g/mol. The van der Waals surface area contributed by atoms with Crippen molar-refractivity contribution < 1.29 is 18.7 Å². The molecule has 1 amide bonds. The van der Waals surface area contributed by atoms with Crippen molar-refractivity contribution in [2.75, 3.05) is 32.7 Å². The highest BCUT2D eigenvalue weighted by Crippen LogP contribution is 2.30. The zero-order valence-electron chi connectivity index (χ0n) is 14.1. The van der Waals surface area contributed by atoms with Crippen LogP contribution in [0.2, 0.25) is 0 Å². The maximum atomic E-state index is 13.2. The van der Waals surface area contributed by atoms with Gasteiger partial charge in [0.2, 0.25) is 0 Å². The number of alkyl halides is 2. The summed E-state index contributed by atoms with van der Waals surface area (Å²) >= 11 is 0. The molecule has 0 aliphatic carbocycles. The van der Waals surface area contributed by atoms with Crippen molar-refractivity contribution in [1.29, 1.82) is 0 Å². The zero-order valence-corrected chi connectivity index (χ0v) is 14.1. The molecule has 3 heterocycles. The van der Waals surface area contributed by atoms with Crippen LogP contribution in [-0.2, 0) is 7.05 Å². The molecule has 3 rings (SSSR count). The summed E-state index contributed by atoms with van der Waals surface area (Å²) in [6, 6.07) is 0. The minimum Gasteiger partial charge on any atom is -0.387 e. The SMILES string of the molecule is Cc1nn(C)cc1C(=O)N1CC[C@](O)(CN2CCC(F)(F)CC2)C1. The summed E-state index contributed by atoms with van der Waals surface area (Å²) < 4.78 is 28.1. The first kappa shape index (κ1) is 17.3. The molecule has 0 spiro atoms. The van der Waals surface area contributed by atoms with Gasteiger partial charge in [-0.2, -0.15) is 5.10 Å². The zero-order chi connectivity index (χ0) is 17.5. The number of aryl methyl sites for hydroxylation is 2. The van der Waals surface area contributed by atoms with Crippen molar-refractivity contribution in [1.82, 2.24) is 19.6 Å². The van der Waals surface area contributed by atoms with Gasteiger partial charge in [0.25, 0.3) is 11.8 Å². The number of nitrogens with zero attached hydrogens (tertiary/aromatic N) is 4. The molecule has 2 saturated heterocycles. The molecule has 0 aromatic carbocycles. The molecule has 0 bridgehead atoms. The van der Waals surface area contributed by atoms with E-state index < -0.39 is 11.5 Å². The molecule has 2 aliphatic rings. The van der Waals surface area contributed by atoms with Crippen molar-refractivity contribution in [2.45, 2.75) is 37.7 Å². The highest BCUT2D eigenvalue weighted by Gasteiger charge is 2.42. The van der Waals surface area contributed by atoms with Crippen LogP contribution >= 0.6 is 0 Å². The third kappa shape index (κ3) is 3.59. The van der Waals surface area contributed by atoms with Crippen LogP contribution in [0.4, 0.5) is 8.78 Å². The van der Waals surface area contributed by atoms with Crippen molar-refractivity contribution >= 4 is 5.91 Å². The lowest BCUT2D eigenvalue weighted by atomic mass is 10.00. The van der Waals surface area contributed by atoms with Crippen molar-refractivity contribution in [3.05, 3.63) is 17.5 Å². The lowest BCUT2D eigenvalue weighted by molar-refractivity contribution is -0.0720. The monoisotopic (exact) mass is 342 g/mol. The van der Waals surface area contributed by atoms with Gasteiger partial charge in [-0.25, -0.2) is 8.78 Å². The molecule has 1 aromatic rings. The van der Waals surface area contributed by atoms with Gasteiger partial charge in [-0.15, -0.1) is 0 Å². The van der Waals surface area contributed by atoms with Crippen LogP contribution in [0.25, 0.3) is 0 Å². The number of carbonyl (C=O) groups is 1. The van der Waals surface area contributed by atoms with E-state index in [0.717, 1.165) is 0 Å². The third-order valence-electron chi connectivity index (χ3n) is 4.97. The molecular formula is C16H24F2N4O2. The fourth-order valence-electron chi connectivity index (χ4n) is 3.59. The number of β-amino-alcohol motifs (C(OH)–C–C–N with tert-alkyl or cyclic N) is 1. The van der Waals surface area contributed by atoms with E-state index in [-0.39, 0.29) is 38.4 Å². The van der Waals surface area contributed by atoms with Gasteiger partial charge < -0.3 is 10.0 Å². The Bertz CT molecular complexity index is 624. The predicted octanol–water partition coefficient (Wildman–Crippen LogP) is 1.04. The number of hydrogen-bond acceptors (Lipinski definition) is 4. The van der Waals surface area contributed by atoms with Crippen LogP contribution < -0.4 is 0 Å². The van der Waals surface area contributed by atoms with Gasteiger partial charge >= 0.3 is 0 Å². The summed E-state index contributed by atoms with van der Waals surface area (Å²) in [6.07, 6.45) is 1.81. The summed E-state index contributed by atoms with van der Waals surface area (Å²) in [7, 11) is 1.76. The van der Waals surface area contributed by atoms with Crippen LogP contribution in [0.3, 0.4) is 0 Å². The van der Waals surface area contributed by atoms with Crippen LogP contribution in [0.1, 0.15) is 35.3 Å². The number of aliphatic hydroxyl groups is 1. The normalized spacial score (nSPS) is 27.6. The Kier molecular flexibility index (Phi) is 4.37. The number of amides is 1. The maximum absolute atomic E-state index is 13.2. The van der Waals surface area contributed by atoms with Gasteiger partial charge in [-0.1, -0.05) is 0 Å². The van der Waals surface area contributed by atoms with E-state index >= 15 is 0 Å². The molecule has 1 aromatic heterocycles. The molecule has 2 aliphatic heterocycles. The topological polar surface area (TPSA) is 61.6 Å². The number of rotatable bonds is 3. The second kappa shape index (κ2) is 6.07. The fourth-order valence-corrected chi connectivity index (χ4v) is 3.59. The molecule has 6 nitrogen and oxygen atoms in total. The van der Waals surface area contributed by atoms with E-state index in [1.807, 2.05) is 4.90 Å². The molecule has 0 radical (unpaired) electrons. The van der Waals surface area contributed by atoms with E-state index in [4.69, 9.17) is 0 Å². The van der Waals surface area contributed by atoms with Crippen molar-refractivity contribution in [3.8, 4) is 0 Å². The number of piperidine rings is 1. The van der Waals surface area contributed by atoms with Crippen LogP contribution in [0.5, 0.6) is 0 Å². The summed E-state index contributed by atoms with van der Waals surface area (Å²) in [5.41, 5.74) is 0.175. The maximum Gasteiger partial charge on any atom is 0.257 e. The summed E-state index contributed by atoms with van der Waals surface area (Å²) in [5.74, 6) is -2.73. The van der Waals surface area contributed by atoms with Crippen LogP contribution in [0, 0.1) is 6.92 Å². The quantitative estimate of drug-likeness (QED) is 0.892. The highest BCUT2D eigenvalue weighted by molar-refractivity contribution is 5.95. The van der Waals surface area contributed by atoms with Crippen molar-refractivity contribution in [2.24, 2.45) is 7.05 Å². The van der Waals surface area contributed by atoms with Gasteiger partial charge in [0, 0.05) is 52.3 Å². The number of likely N-dealkylation sites (tertiary alicyclic amines) is 2. The summed E-state index contributed by atoms with van der Waals surface area (Å²) in [5, 5.41) is 14.9. The lowest BCUT2D eigenvalue weighted by Gasteiger charge is -2.36.